The van der Waals surface area contributed by atoms with Crippen molar-refractivity contribution < 1.29 is 9.47 Å². The van der Waals surface area contributed by atoms with Crippen LogP contribution in [0.25, 0.3) is 5.57 Å². The van der Waals surface area contributed by atoms with E-state index in [0.717, 1.165) is 18.6 Å². The second kappa shape index (κ2) is 9.43. The maximum atomic E-state index is 6.36. The minimum atomic E-state index is -0.165. The summed E-state index contributed by atoms with van der Waals surface area (Å²) in [4.78, 5) is 0. The van der Waals surface area contributed by atoms with Gasteiger partial charge in [0.15, 0.2) is 0 Å². The minimum Gasteiger partial charge on any atom is -0.465 e. The Hall–Kier alpha value is -1.28. The summed E-state index contributed by atoms with van der Waals surface area (Å²) in [6.07, 6.45) is 10.6. The second-order valence-electron chi connectivity index (χ2n) is 8.40. The molecular weight excluding hydrogens is 308 g/mol. The molecule has 1 aromatic carbocycles. The average Bonchev–Trinajstić information content (AvgIpc) is 2.57. The quantitative estimate of drug-likeness (QED) is 0.496. The van der Waals surface area contributed by atoms with E-state index in [1.165, 1.54) is 43.2 Å². The van der Waals surface area contributed by atoms with E-state index in [-0.39, 0.29) is 11.7 Å². The molecule has 2 rings (SSSR count). The lowest BCUT2D eigenvalue weighted by Crippen LogP contribution is -2.32. The zero-order chi connectivity index (χ0) is 18.3. The highest BCUT2D eigenvalue weighted by atomic mass is 16.7. The summed E-state index contributed by atoms with van der Waals surface area (Å²) in [6, 6.07) is 8.47. The molecule has 140 valence electrons. The van der Waals surface area contributed by atoms with Crippen LogP contribution in [0.15, 0.2) is 30.3 Å². The van der Waals surface area contributed by atoms with Gasteiger partial charge in [-0.15, -0.1) is 0 Å². The molecule has 0 spiro atoms. The molecule has 0 aliphatic heterocycles. The van der Waals surface area contributed by atoms with Crippen LogP contribution in [-0.2, 0) is 4.74 Å². The van der Waals surface area contributed by atoms with Crippen molar-refractivity contribution in [1.29, 1.82) is 0 Å². The number of ether oxygens (including phenoxy) is 2. The normalized spacial score (nSPS) is 18.2. The summed E-state index contributed by atoms with van der Waals surface area (Å²) in [7, 11) is 0. The van der Waals surface area contributed by atoms with Crippen LogP contribution in [0.3, 0.4) is 0 Å². The van der Waals surface area contributed by atoms with Gasteiger partial charge >= 0.3 is 0 Å². The van der Waals surface area contributed by atoms with Crippen LogP contribution < -0.4 is 4.74 Å². The lowest BCUT2D eigenvalue weighted by Gasteiger charge is -2.31. The molecule has 1 atom stereocenters. The van der Waals surface area contributed by atoms with Gasteiger partial charge < -0.3 is 9.47 Å². The van der Waals surface area contributed by atoms with Gasteiger partial charge in [-0.05, 0) is 54.9 Å². The van der Waals surface area contributed by atoms with Gasteiger partial charge in [-0.3, -0.25) is 0 Å². The van der Waals surface area contributed by atoms with E-state index in [9.17, 15) is 0 Å². The second-order valence-corrected chi connectivity index (χ2v) is 8.40. The molecule has 1 fully saturated rings. The van der Waals surface area contributed by atoms with Gasteiger partial charge in [0.25, 0.3) is 0 Å². The predicted octanol–water partition coefficient (Wildman–Crippen LogP) is 6.99. The van der Waals surface area contributed by atoms with Crippen molar-refractivity contribution in [2.24, 2.45) is 5.41 Å². The van der Waals surface area contributed by atoms with E-state index >= 15 is 0 Å². The van der Waals surface area contributed by atoms with Crippen LogP contribution in [0.5, 0.6) is 5.75 Å². The van der Waals surface area contributed by atoms with Gasteiger partial charge in [0.05, 0.1) is 6.10 Å². The Morgan fingerprint density at radius 3 is 2.28 bits per heavy atom. The van der Waals surface area contributed by atoms with Gasteiger partial charge in [-0.1, -0.05) is 65.2 Å². The smallest absolute Gasteiger partial charge is 0.200 e. The monoisotopic (exact) mass is 344 g/mol. The first-order chi connectivity index (χ1) is 11.9. The van der Waals surface area contributed by atoms with Crippen LogP contribution in [-0.4, -0.2) is 12.4 Å². The summed E-state index contributed by atoms with van der Waals surface area (Å²) in [5, 5.41) is 0. The molecule has 25 heavy (non-hydrogen) atoms. The van der Waals surface area contributed by atoms with Crippen LogP contribution in [0, 0.1) is 5.41 Å². The summed E-state index contributed by atoms with van der Waals surface area (Å²) < 4.78 is 12.6. The van der Waals surface area contributed by atoms with Crippen molar-refractivity contribution in [3.8, 4) is 5.75 Å². The van der Waals surface area contributed by atoms with Crippen LogP contribution in [0.4, 0.5) is 0 Å². The van der Waals surface area contributed by atoms with E-state index in [4.69, 9.17) is 9.47 Å². The van der Waals surface area contributed by atoms with Gasteiger partial charge in [0.2, 0.25) is 6.29 Å². The van der Waals surface area contributed by atoms with Crippen LogP contribution >= 0.6 is 0 Å². The molecule has 0 aromatic heterocycles. The standard InChI is InChI=1S/C23H36O2/c1-6-18(7-2)19-13-15-21(16-14-19)25-22(17-23(3,4)5)24-20-11-9-8-10-12-20/h6,13-16,20,22H,7-12,17H2,1-5H3. The summed E-state index contributed by atoms with van der Waals surface area (Å²) >= 11 is 0. The van der Waals surface area contributed by atoms with Gasteiger partial charge in [-0.2, -0.15) is 0 Å². The Kier molecular flexibility index (Phi) is 7.56. The summed E-state index contributed by atoms with van der Waals surface area (Å²) in [5.41, 5.74) is 2.83. The molecule has 2 heteroatoms. The minimum absolute atomic E-state index is 0.165. The fraction of sp³-hybridized carbons (Fsp3) is 0.652. The number of rotatable bonds is 7. The van der Waals surface area contributed by atoms with E-state index in [0.29, 0.717) is 6.10 Å². The van der Waals surface area contributed by atoms with Crippen molar-refractivity contribution in [3.05, 3.63) is 35.9 Å². The van der Waals surface area contributed by atoms with E-state index < -0.39 is 0 Å². The Balaban J connectivity index is 2.04. The molecule has 0 amide bonds. The first-order valence-electron chi connectivity index (χ1n) is 9.99. The third-order valence-electron chi connectivity index (χ3n) is 4.90. The maximum absolute atomic E-state index is 6.36. The molecule has 1 unspecified atom stereocenters. The summed E-state index contributed by atoms with van der Waals surface area (Å²) in [5.74, 6) is 0.903. The molecule has 2 nitrogen and oxygen atoms in total. The molecule has 0 heterocycles. The van der Waals surface area contributed by atoms with E-state index in [1.807, 2.05) is 0 Å². The molecule has 1 aliphatic carbocycles. The third kappa shape index (κ3) is 6.86. The average molecular weight is 345 g/mol. The predicted molar refractivity (Wildman–Crippen MR) is 107 cm³/mol. The topological polar surface area (TPSA) is 18.5 Å². The fourth-order valence-corrected chi connectivity index (χ4v) is 3.51. The van der Waals surface area contributed by atoms with Crippen molar-refractivity contribution in [1.82, 2.24) is 0 Å². The van der Waals surface area contributed by atoms with E-state index in [1.54, 1.807) is 0 Å². The lowest BCUT2D eigenvalue weighted by atomic mass is 9.91. The number of hydrogen-bond donors (Lipinski definition) is 0. The highest BCUT2D eigenvalue weighted by Crippen LogP contribution is 2.29. The first kappa shape index (κ1) is 20.0. The molecule has 1 saturated carbocycles. The molecule has 0 radical (unpaired) electrons. The summed E-state index contributed by atoms with van der Waals surface area (Å²) in [6.45, 7) is 11.0. The Morgan fingerprint density at radius 1 is 1.12 bits per heavy atom. The highest BCUT2D eigenvalue weighted by molar-refractivity contribution is 5.65. The molecule has 0 saturated heterocycles. The Morgan fingerprint density at radius 2 is 1.76 bits per heavy atom. The molecule has 1 aromatic rings. The van der Waals surface area contributed by atoms with Gasteiger partial charge in [0, 0.05) is 6.42 Å². The van der Waals surface area contributed by atoms with Crippen LogP contribution in [0.1, 0.15) is 85.1 Å². The first-order valence-corrected chi connectivity index (χ1v) is 9.99. The Labute approximate surface area is 154 Å². The van der Waals surface area contributed by atoms with Crippen LogP contribution in [0.2, 0.25) is 0 Å². The maximum Gasteiger partial charge on any atom is 0.200 e. The number of hydrogen-bond acceptors (Lipinski definition) is 2. The zero-order valence-corrected chi connectivity index (χ0v) is 16.8. The third-order valence-corrected chi connectivity index (χ3v) is 4.90. The van der Waals surface area contributed by atoms with Crippen molar-refractivity contribution in [2.75, 3.05) is 0 Å². The van der Waals surface area contributed by atoms with Gasteiger partial charge in [0.1, 0.15) is 5.75 Å². The number of benzene rings is 1. The lowest BCUT2D eigenvalue weighted by molar-refractivity contribution is -0.142. The van der Waals surface area contributed by atoms with Crippen molar-refractivity contribution >= 4 is 5.57 Å². The Bertz CT molecular complexity index is 530. The zero-order valence-electron chi connectivity index (χ0n) is 16.8. The van der Waals surface area contributed by atoms with Crippen molar-refractivity contribution in [2.45, 2.75) is 92.0 Å². The largest absolute Gasteiger partial charge is 0.465 e. The number of allylic oxidation sites excluding steroid dienone is 2. The molecule has 1 aliphatic rings. The highest BCUT2D eigenvalue weighted by Gasteiger charge is 2.25. The van der Waals surface area contributed by atoms with Gasteiger partial charge in [-0.25, -0.2) is 0 Å². The molecular formula is C23H36O2. The van der Waals surface area contributed by atoms with Crippen molar-refractivity contribution in [3.63, 3.8) is 0 Å². The van der Waals surface area contributed by atoms with E-state index in [2.05, 4.69) is 65.0 Å². The molecule has 0 bridgehead atoms. The molecule has 0 N–H and O–H groups in total. The fourth-order valence-electron chi connectivity index (χ4n) is 3.51. The SMILES string of the molecule is CC=C(CC)c1ccc(OC(CC(C)(C)C)OC2CCCCC2)cc1.